The highest BCUT2D eigenvalue weighted by molar-refractivity contribution is 5.83. The van der Waals surface area contributed by atoms with Crippen molar-refractivity contribution < 1.29 is 19.5 Å². The summed E-state index contributed by atoms with van der Waals surface area (Å²) in [5.41, 5.74) is 5.02. The molecule has 0 spiro atoms. The molecular formula is C14H25N3O4. The second kappa shape index (κ2) is 8.49. The van der Waals surface area contributed by atoms with E-state index >= 15 is 0 Å². The van der Waals surface area contributed by atoms with Crippen LogP contribution in [0.25, 0.3) is 0 Å². The normalized spacial score (nSPS) is 17.0. The van der Waals surface area contributed by atoms with E-state index in [1.54, 1.807) is 4.90 Å². The molecule has 3 amide bonds. The van der Waals surface area contributed by atoms with E-state index in [4.69, 9.17) is 10.8 Å². The van der Waals surface area contributed by atoms with Crippen molar-refractivity contribution in [2.45, 2.75) is 64.0 Å². The minimum atomic E-state index is -1.15. The Labute approximate surface area is 124 Å². The topological polar surface area (TPSA) is 113 Å². The van der Waals surface area contributed by atoms with E-state index in [1.165, 1.54) is 6.42 Å². The molecule has 0 aromatic heterocycles. The Bertz CT molecular complexity index is 380. The zero-order chi connectivity index (χ0) is 15.8. The van der Waals surface area contributed by atoms with E-state index in [2.05, 4.69) is 5.32 Å². The number of nitrogens with zero attached hydrogens (tertiary/aromatic N) is 1. The fraction of sp³-hybridized carbons (Fsp3) is 0.786. The van der Waals surface area contributed by atoms with Crippen LogP contribution in [-0.2, 0) is 9.59 Å². The van der Waals surface area contributed by atoms with E-state index in [-0.39, 0.29) is 24.9 Å². The molecule has 1 aliphatic rings. The summed E-state index contributed by atoms with van der Waals surface area (Å²) in [5.74, 6) is -1.72. The first kappa shape index (κ1) is 17.3. The van der Waals surface area contributed by atoms with E-state index in [9.17, 15) is 14.4 Å². The Morgan fingerprint density at radius 2 is 1.90 bits per heavy atom. The van der Waals surface area contributed by atoms with Crippen molar-refractivity contribution in [2.24, 2.45) is 5.73 Å². The number of carbonyl (C=O) groups is 3. The number of carbonyl (C=O) groups excluding carboxylic acids is 2. The van der Waals surface area contributed by atoms with Gasteiger partial charge in [0.05, 0.1) is 0 Å². The van der Waals surface area contributed by atoms with Crippen LogP contribution in [0.2, 0.25) is 0 Å². The van der Waals surface area contributed by atoms with E-state index in [0.29, 0.717) is 6.54 Å². The molecule has 1 rings (SSSR count). The highest BCUT2D eigenvalue weighted by atomic mass is 16.4. The Morgan fingerprint density at radius 1 is 1.29 bits per heavy atom. The van der Waals surface area contributed by atoms with Gasteiger partial charge in [0.25, 0.3) is 0 Å². The number of carboxylic acid groups (broad SMARTS) is 1. The van der Waals surface area contributed by atoms with E-state index < -0.39 is 17.9 Å². The summed E-state index contributed by atoms with van der Waals surface area (Å²) in [6.45, 7) is 2.42. The van der Waals surface area contributed by atoms with Crippen LogP contribution in [0, 0.1) is 0 Å². The predicted molar refractivity (Wildman–Crippen MR) is 77.6 cm³/mol. The summed E-state index contributed by atoms with van der Waals surface area (Å²) >= 11 is 0. The van der Waals surface area contributed by atoms with Crippen molar-refractivity contribution in [2.75, 3.05) is 6.54 Å². The quantitative estimate of drug-likeness (QED) is 0.652. The molecule has 1 saturated carbocycles. The first-order chi connectivity index (χ1) is 9.95. The molecule has 1 fully saturated rings. The van der Waals surface area contributed by atoms with Gasteiger partial charge in [-0.1, -0.05) is 19.3 Å². The summed E-state index contributed by atoms with van der Waals surface area (Å²) in [7, 11) is 0. The van der Waals surface area contributed by atoms with Crippen LogP contribution < -0.4 is 11.1 Å². The van der Waals surface area contributed by atoms with Crippen molar-refractivity contribution in [3.05, 3.63) is 0 Å². The largest absolute Gasteiger partial charge is 0.480 e. The van der Waals surface area contributed by atoms with Gasteiger partial charge in [0.1, 0.15) is 6.04 Å². The van der Waals surface area contributed by atoms with E-state index in [0.717, 1.165) is 25.7 Å². The molecule has 0 heterocycles. The maximum atomic E-state index is 12.3. The van der Waals surface area contributed by atoms with Crippen molar-refractivity contribution in [3.63, 3.8) is 0 Å². The number of primary amides is 1. The van der Waals surface area contributed by atoms with Crippen LogP contribution in [0.5, 0.6) is 0 Å². The third-order valence-corrected chi connectivity index (χ3v) is 3.89. The average Bonchev–Trinajstić information content (AvgIpc) is 2.44. The second-order valence-corrected chi connectivity index (χ2v) is 5.42. The maximum Gasteiger partial charge on any atom is 0.326 e. The molecule has 0 unspecified atom stereocenters. The maximum absolute atomic E-state index is 12.3. The number of amides is 3. The summed E-state index contributed by atoms with van der Waals surface area (Å²) in [6.07, 6.45) is 5.25. The lowest BCUT2D eigenvalue weighted by molar-refractivity contribution is -0.139. The van der Waals surface area contributed by atoms with Gasteiger partial charge in [-0.2, -0.15) is 0 Å². The first-order valence-corrected chi connectivity index (χ1v) is 7.54. The van der Waals surface area contributed by atoms with Gasteiger partial charge in [0.15, 0.2) is 0 Å². The molecule has 120 valence electrons. The lowest BCUT2D eigenvalue weighted by Gasteiger charge is -2.34. The van der Waals surface area contributed by atoms with Crippen LogP contribution in [0.3, 0.4) is 0 Å². The van der Waals surface area contributed by atoms with Gasteiger partial charge in [0.2, 0.25) is 5.91 Å². The molecule has 0 radical (unpaired) electrons. The van der Waals surface area contributed by atoms with E-state index in [1.807, 2.05) is 6.92 Å². The molecule has 0 saturated heterocycles. The highest BCUT2D eigenvalue weighted by Crippen LogP contribution is 2.22. The van der Waals surface area contributed by atoms with Gasteiger partial charge in [-0.15, -0.1) is 0 Å². The van der Waals surface area contributed by atoms with Crippen molar-refractivity contribution in [1.29, 1.82) is 0 Å². The third kappa shape index (κ3) is 5.61. The number of carboxylic acids is 1. The highest BCUT2D eigenvalue weighted by Gasteiger charge is 2.27. The average molecular weight is 299 g/mol. The number of hydrogen-bond acceptors (Lipinski definition) is 3. The molecule has 1 aliphatic carbocycles. The number of aliphatic carboxylic acids is 1. The second-order valence-electron chi connectivity index (χ2n) is 5.42. The van der Waals surface area contributed by atoms with Gasteiger partial charge in [-0.05, 0) is 26.2 Å². The van der Waals surface area contributed by atoms with Crippen molar-refractivity contribution >= 4 is 17.9 Å². The Balaban J connectivity index is 2.60. The Kier molecular flexibility index (Phi) is 6.98. The number of urea groups is 1. The van der Waals surface area contributed by atoms with Crippen LogP contribution in [-0.4, -0.2) is 46.5 Å². The van der Waals surface area contributed by atoms with Crippen LogP contribution in [0.15, 0.2) is 0 Å². The molecule has 0 bridgehead atoms. The minimum absolute atomic E-state index is 0.0125. The van der Waals surface area contributed by atoms with Crippen LogP contribution in [0.4, 0.5) is 4.79 Å². The first-order valence-electron chi connectivity index (χ1n) is 7.54. The zero-order valence-corrected chi connectivity index (χ0v) is 12.5. The summed E-state index contributed by atoms with van der Waals surface area (Å²) in [5, 5.41) is 11.6. The molecule has 0 aromatic rings. The monoisotopic (exact) mass is 299 g/mol. The fourth-order valence-electron chi connectivity index (χ4n) is 2.74. The van der Waals surface area contributed by atoms with Gasteiger partial charge in [0, 0.05) is 19.0 Å². The lowest BCUT2D eigenvalue weighted by Crippen LogP contribution is -2.51. The zero-order valence-electron chi connectivity index (χ0n) is 12.5. The Morgan fingerprint density at radius 3 is 2.38 bits per heavy atom. The molecule has 0 aliphatic heterocycles. The molecular weight excluding hydrogens is 274 g/mol. The van der Waals surface area contributed by atoms with Crippen LogP contribution >= 0.6 is 0 Å². The molecule has 7 heteroatoms. The van der Waals surface area contributed by atoms with Gasteiger partial charge >= 0.3 is 12.0 Å². The fourth-order valence-corrected chi connectivity index (χ4v) is 2.74. The SMILES string of the molecule is CCN(C(=O)N[C@@H](CCC(N)=O)C(=O)O)C1CCCCC1. The van der Waals surface area contributed by atoms with Crippen LogP contribution in [0.1, 0.15) is 51.9 Å². The summed E-state index contributed by atoms with van der Waals surface area (Å²) in [6, 6.07) is -1.28. The van der Waals surface area contributed by atoms with Gasteiger partial charge in [-0.3, -0.25) is 4.79 Å². The van der Waals surface area contributed by atoms with Gasteiger partial charge < -0.3 is 21.1 Å². The number of hydrogen-bond donors (Lipinski definition) is 3. The third-order valence-electron chi connectivity index (χ3n) is 3.89. The number of nitrogens with two attached hydrogens (primary N) is 1. The molecule has 21 heavy (non-hydrogen) atoms. The lowest BCUT2D eigenvalue weighted by atomic mass is 9.94. The summed E-state index contributed by atoms with van der Waals surface area (Å²) < 4.78 is 0. The molecule has 4 N–H and O–H groups in total. The van der Waals surface area contributed by atoms with Crippen molar-refractivity contribution in [3.8, 4) is 0 Å². The molecule has 7 nitrogen and oxygen atoms in total. The smallest absolute Gasteiger partial charge is 0.326 e. The number of nitrogens with one attached hydrogen (secondary N) is 1. The summed E-state index contributed by atoms with van der Waals surface area (Å²) in [4.78, 5) is 35.9. The molecule has 1 atom stereocenters. The predicted octanol–water partition coefficient (Wildman–Crippen LogP) is 1.07. The van der Waals surface area contributed by atoms with Gasteiger partial charge in [-0.25, -0.2) is 9.59 Å². The number of rotatable bonds is 7. The Hall–Kier alpha value is -1.79. The van der Waals surface area contributed by atoms with Crippen molar-refractivity contribution in [1.82, 2.24) is 10.2 Å². The molecule has 0 aromatic carbocycles. The minimum Gasteiger partial charge on any atom is -0.480 e. The standard InChI is InChI=1S/C14H25N3O4/c1-2-17(10-6-4-3-5-7-10)14(21)16-11(13(19)20)8-9-12(15)18/h10-11H,2-9H2,1H3,(H2,15,18)(H,16,21)(H,19,20)/t11-/m0/s1.